The summed E-state index contributed by atoms with van der Waals surface area (Å²) in [4.78, 5) is 11.8. The van der Waals surface area contributed by atoms with Crippen molar-refractivity contribution in [2.75, 3.05) is 6.54 Å². The fourth-order valence-corrected chi connectivity index (χ4v) is 5.87. The van der Waals surface area contributed by atoms with E-state index < -0.39 is 21.5 Å². The van der Waals surface area contributed by atoms with Gasteiger partial charge in [-0.2, -0.15) is 4.31 Å². The molecule has 0 amide bonds. The van der Waals surface area contributed by atoms with Crippen LogP contribution < -0.4 is 0 Å². The molecule has 1 heterocycles. The lowest BCUT2D eigenvalue weighted by atomic mass is 9.95. The Hall–Kier alpha value is -0.920. The maximum Gasteiger partial charge on any atom is 0.325 e. The highest BCUT2D eigenvalue weighted by Crippen LogP contribution is 2.39. The van der Waals surface area contributed by atoms with Gasteiger partial charge in [-0.1, -0.05) is 13.0 Å². The van der Waals surface area contributed by atoms with Crippen molar-refractivity contribution in [1.29, 1.82) is 0 Å². The lowest BCUT2D eigenvalue weighted by Gasteiger charge is -2.33. The van der Waals surface area contributed by atoms with Crippen LogP contribution in [-0.4, -0.2) is 35.9 Å². The van der Waals surface area contributed by atoms with Crippen molar-refractivity contribution in [3.63, 3.8) is 0 Å². The van der Waals surface area contributed by atoms with Gasteiger partial charge in [-0.25, -0.2) is 8.42 Å². The Labute approximate surface area is 133 Å². The number of sulfonamides is 1. The highest BCUT2D eigenvalue weighted by molar-refractivity contribution is 9.10. The second-order valence-electron chi connectivity index (χ2n) is 5.30. The molecule has 7 heteroatoms. The molecule has 0 spiro atoms. The van der Waals surface area contributed by atoms with E-state index in [0.717, 1.165) is 9.87 Å². The zero-order valence-electron chi connectivity index (χ0n) is 12.0. The van der Waals surface area contributed by atoms with Crippen molar-refractivity contribution < 1.29 is 18.3 Å². The van der Waals surface area contributed by atoms with Crippen molar-refractivity contribution in [2.24, 2.45) is 0 Å². The Morgan fingerprint density at radius 1 is 1.48 bits per heavy atom. The van der Waals surface area contributed by atoms with E-state index in [4.69, 9.17) is 0 Å². The predicted molar refractivity (Wildman–Crippen MR) is 82.7 cm³/mol. The van der Waals surface area contributed by atoms with E-state index in [2.05, 4.69) is 15.9 Å². The fourth-order valence-electron chi connectivity index (χ4n) is 2.86. The molecule has 21 heavy (non-hydrogen) atoms. The molecule has 1 fully saturated rings. The third kappa shape index (κ3) is 2.62. The molecule has 0 aliphatic carbocycles. The van der Waals surface area contributed by atoms with Gasteiger partial charge in [-0.05, 0) is 59.8 Å². The van der Waals surface area contributed by atoms with Gasteiger partial charge >= 0.3 is 5.97 Å². The first kappa shape index (κ1) is 16.5. The summed E-state index contributed by atoms with van der Waals surface area (Å²) in [6.07, 6.45) is 1.16. The molecule has 1 aliphatic heterocycles. The summed E-state index contributed by atoms with van der Waals surface area (Å²) in [5.74, 6) is -1.07. The second kappa shape index (κ2) is 5.70. The molecule has 1 aliphatic rings. The van der Waals surface area contributed by atoms with Crippen LogP contribution in [0.3, 0.4) is 0 Å². The molecule has 1 aromatic carbocycles. The average molecular weight is 376 g/mol. The van der Waals surface area contributed by atoms with Crippen LogP contribution in [-0.2, 0) is 14.8 Å². The minimum absolute atomic E-state index is 0.120. The maximum atomic E-state index is 12.9. The molecule has 0 aromatic heterocycles. The predicted octanol–water partition coefficient (Wildman–Crippen LogP) is 2.78. The third-order valence-electron chi connectivity index (χ3n) is 4.07. The molecule has 116 valence electrons. The first-order valence-electron chi connectivity index (χ1n) is 6.78. The molecule has 1 unspecified atom stereocenters. The number of carboxylic acid groups (broad SMARTS) is 1. The average Bonchev–Trinajstić information content (AvgIpc) is 2.84. The summed E-state index contributed by atoms with van der Waals surface area (Å²) in [5.41, 5.74) is -0.398. The van der Waals surface area contributed by atoms with Gasteiger partial charge in [0.1, 0.15) is 5.54 Å². The van der Waals surface area contributed by atoms with E-state index in [1.54, 1.807) is 19.1 Å². The van der Waals surface area contributed by atoms with Crippen molar-refractivity contribution in [3.05, 3.63) is 28.2 Å². The second-order valence-corrected chi connectivity index (χ2v) is 7.99. The zero-order valence-corrected chi connectivity index (χ0v) is 14.4. The maximum absolute atomic E-state index is 12.9. The largest absolute Gasteiger partial charge is 0.480 e. The van der Waals surface area contributed by atoms with Crippen LogP contribution in [0.1, 0.15) is 31.7 Å². The number of hydrogen-bond acceptors (Lipinski definition) is 3. The van der Waals surface area contributed by atoms with Crippen LogP contribution in [0.2, 0.25) is 0 Å². The summed E-state index contributed by atoms with van der Waals surface area (Å²) in [6, 6.07) is 4.95. The van der Waals surface area contributed by atoms with Crippen LogP contribution in [0.4, 0.5) is 0 Å². The van der Waals surface area contributed by atoms with Crippen molar-refractivity contribution in [2.45, 2.75) is 43.5 Å². The van der Waals surface area contributed by atoms with Crippen LogP contribution >= 0.6 is 15.9 Å². The van der Waals surface area contributed by atoms with Crippen LogP contribution in [0, 0.1) is 6.92 Å². The normalized spacial score (nSPS) is 23.4. The first-order chi connectivity index (χ1) is 9.75. The van der Waals surface area contributed by atoms with Gasteiger partial charge in [-0.3, -0.25) is 4.79 Å². The molecular weight excluding hydrogens is 358 g/mol. The highest BCUT2D eigenvalue weighted by Gasteiger charge is 2.52. The zero-order chi connectivity index (χ0) is 15.8. The quantitative estimate of drug-likeness (QED) is 0.877. The molecule has 5 nitrogen and oxygen atoms in total. The van der Waals surface area contributed by atoms with Gasteiger partial charge in [0.05, 0.1) is 4.90 Å². The van der Waals surface area contributed by atoms with Crippen molar-refractivity contribution in [3.8, 4) is 0 Å². The molecule has 0 radical (unpaired) electrons. The summed E-state index contributed by atoms with van der Waals surface area (Å²) in [5, 5.41) is 9.54. The number of aliphatic carboxylic acids is 1. The van der Waals surface area contributed by atoms with Crippen molar-refractivity contribution >= 4 is 31.9 Å². The number of halogens is 1. The minimum Gasteiger partial charge on any atom is -0.480 e. The van der Waals surface area contributed by atoms with Gasteiger partial charge < -0.3 is 5.11 Å². The van der Waals surface area contributed by atoms with E-state index in [0.29, 0.717) is 17.3 Å². The van der Waals surface area contributed by atoms with Crippen LogP contribution in [0.25, 0.3) is 0 Å². The Balaban J connectivity index is 2.55. The van der Waals surface area contributed by atoms with Gasteiger partial charge in [-0.15, -0.1) is 0 Å². The minimum atomic E-state index is -3.85. The number of carbonyl (C=O) groups is 1. The van der Waals surface area contributed by atoms with Gasteiger partial charge in [0.25, 0.3) is 0 Å². The molecule has 0 saturated carbocycles. The van der Waals surface area contributed by atoms with Gasteiger partial charge in [0, 0.05) is 11.0 Å². The SMILES string of the molecule is CCC1(C(=O)O)CCCN1S(=O)(=O)c1ccc(C)cc1Br. The summed E-state index contributed by atoms with van der Waals surface area (Å²) < 4.78 is 27.4. The summed E-state index contributed by atoms with van der Waals surface area (Å²) >= 11 is 3.27. The monoisotopic (exact) mass is 375 g/mol. The molecule has 0 bridgehead atoms. The Bertz CT molecular complexity index is 674. The van der Waals surface area contributed by atoms with Crippen LogP contribution in [0.5, 0.6) is 0 Å². The Kier molecular flexibility index (Phi) is 4.46. The molecule has 1 N–H and O–H groups in total. The van der Waals surface area contributed by atoms with E-state index in [9.17, 15) is 18.3 Å². The topological polar surface area (TPSA) is 74.7 Å². The summed E-state index contributed by atoms with van der Waals surface area (Å²) in [7, 11) is -3.85. The lowest BCUT2D eigenvalue weighted by Crippen LogP contribution is -2.52. The number of rotatable bonds is 4. The highest BCUT2D eigenvalue weighted by atomic mass is 79.9. The first-order valence-corrected chi connectivity index (χ1v) is 9.01. The molecule has 1 atom stereocenters. The lowest BCUT2D eigenvalue weighted by molar-refractivity contribution is -0.147. The number of hydrogen-bond donors (Lipinski definition) is 1. The molecular formula is C14H18BrNO4S. The standard InChI is InChI=1S/C14H18BrNO4S/c1-3-14(13(17)18)7-4-8-16(14)21(19,20)12-6-5-10(2)9-11(12)15/h5-6,9H,3-4,7-8H2,1-2H3,(H,17,18). The van der Waals surface area contributed by atoms with E-state index >= 15 is 0 Å². The molecule has 2 rings (SSSR count). The number of nitrogens with zero attached hydrogens (tertiary/aromatic N) is 1. The molecule has 1 saturated heterocycles. The summed E-state index contributed by atoms with van der Waals surface area (Å²) in [6.45, 7) is 3.82. The number of carboxylic acids is 1. The van der Waals surface area contributed by atoms with E-state index in [1.807, 2.05) is 6.92 Å². The fraction of sp³-hybridized carbons (Fsp3) is 0.500. The van der Waals surface area contributed by atoms with Crippen molar-refractivity contribution in [1.82, 2.24) is 4.31 Å². The van der Waals surface area contributed by atoms with E-state index in [-0.39, 0.29) is 17.9 Å². The van der Waals surface area contributed by atoms with Gasteiger partial charge in [0.2, 0.25) is 10.0 Å². The smallest absolute Gasteiger partial charge is 0.325 e. The van der Waals surface area contributed by atoms with Gasteiger partial charge in [0.15, 0.2) is 0 Å². The Morgan fingerprint density at radius 2 is 2.14 bits per heavy atom. The van der Waals surface area contributed by atoms with Crippen LogP contribution in [0.15, 0.2) is 27.6 Å². The number of benzene rings is 1. The number of aryl methyl sites for hydroxylation is 1. The Morgan fingerprint density at radius 3 is 2.67 bits per heavy atom. The van der Waals surface area contributed by atoms with E-state index in [1.165, 1.54) is 6.07 Å². The molecule has 1 aromatic rings. The third-order valence-corrected chi connectivity index (χ3v) is 7.01.